The summed E-state index contributed by atoms with van der Waals surface area (Å²) in [5, 5.41) is 0. The fourth-order valence-corrected chi connectivity index (χ4v) is 1.71. The number of carbonyl (C=O) groups is 2. The van der Waals surface area contributed by atoms with E-state index < -0.39 is 11.8 Å². The zero-order valence-corrected chi connectivity index (χ0v) is 12.0. The highest BCUT2D eigenvalue weighted by molar-refractivity contribution is 6.41. The Morgan fingerprint density at radius 2 is 1.70 bits per heavy atom. The molecular weight excluding hydrogens is 264 g/mol. The standard InChI is InChI=1S/C14H18O6/c1-5-20-14(16)13(15)10-7-11(18-3)9(8-17-2)6-12(10)19-4/h6-7H,5,8H2,1-4H3. The van der Waals surface area contributed by atoms with Crippen LogP contribution in [-0.2, 0) is 20.9 Å². The van der Waals surface area contributed by atoms with Crippen LogP contribution in [0.4, 0.5) is 0 Å². The lowest BCUT2D eigenvalue weighted by molar-refractivity contribution is -0.137. The van der Waals surface area contributed by atoms with E-state index in [4.69, 9.17) is 18.9 Å². The first-order valence-corrected chi connectivity index (χ1v) is 6.04. The number of ketones is 1. The molecule has 0 aliphatic carbocycles. The number of esters is 1. The maximum absolute atomic E-state index is 12.0. The van der Waals surface area contributed by atoms with E-state index in [-0.39, 0.29) is 17.9 Å². The molecule has 0 spiro atoms. The van der Waals surface area contributed by atoms with Crippen molar-refractivity contribution in [3.05, 3.63) is 23.3 Å². The van der Waals surface area contributed by atoms with E-state index in [1.807, 2.05) is 0 Å². The largest absolute Gasteiger partial charge is 0.496 e. The van der Waals surface area contributed by atoms with Crippen LogP contribution in [0.25, 0.3) is 0 Å². The number of rotatable bonds is 7. The zero-order valence-electron chi connectivity index (χ0n) is 12.0. The summed E-state index contributed by atoms with van der Waals surface area (Å²) >= 11 is 0. The third-order valence-electron chi connectivity index (χ3n) is 2.61. The summed E-state index contributed by atoms with van der Waals surface area (Å²) in [7, 11) is 4.43. The van der Waals surface area contributed by atoms with Gasteiger partial charge in [0.1, 0.15) is 11.5 Å². The van der Waals surface area contributed by atoms with Crippen LogP contribution in [0.2, 0.25) is 0 Å². The number of Topliss-reactive ketones (excluding diaryl/α,β-unsaturated/α-hetero) is 1. The molecule has 1 aromatic carbocycles. The van der Waals surface area contributed by atoms with E-state index in [0.717, 1.165) is 0 Å². The molecule has 0 aromatic heterocycles. The highest BCUT2D eigenvalue weighted by Gasteiger charge is 2.23. The van der Waals surface area contributed by atoms with E-state index >= 15 is 0 Å². The Morgan fingerprint density at radius 1 is 1.05 bits per heavy atom. The molecule has 0 fully saturated rings. The van der Waals surface area contributed by atoms with Crippen LogP contribution in [0.3, 0.4) is 0 Å². The highest BCUT2D eigenvalue weighted by atomic mass is 16.5. The van der Waals surface area contributed by atoms with Crippen LogP contribution in [0.1, 0.15) is 22.8 Å². The molecule has 0 aliphatic heterocycles. The molecule has 6 heteroatoms. The lowest BCUT2D eigenvalue weighted by atomic mass is 10.1. The Bertz CT molecular complexity index is 495. The summed E-state index contributed by atoms with van der Waals surface area (Å²) in [6.45, 7) is 2.06. The maximum Gasteiger partial charge on any atom is 0.379 e. The Hall–Kier alpha value is -2.08. The molecule has 0 aliphatic rings. The van der Waals surface area contributed by atoms with E-state index in [1.54, 1.807) is 20.1 Å². The van der Waals surface area contributed by atoms with Crippen molar-refractivity contribution in [3.63, 3.8) is 0 Å². The third-order valence-corrected chi connectivity index (χ3v) is 2.61. The molecule has 0 heterocycles. The molecule has 1 aromatic rings. The van der Waals surface area contributed by atoms with E-state index in [9.17, 15) is 9.59 Å². The molecule has 0 unspecified atom stereocenters. The quantitative estimate of drug-likeness (QED) is 0.430. The average molecular weight is 282 g/mol. The van der Waals surface area contributed by atoms with Crippen molar-refractivity contribution in [2.24, 2.45) is 0 Å². The average Bonchev–Trinajstić information content (AvgIpc) is 2.46. The van der Waals surface area contributed by atoms with Crippen molar-refractivity contribution >= 4 is 11.8 Å². The second kappa shape index (κ2) is 7.49. The van der Waals surface area contributed by atoms with Crippen molar-refractivity contribution < 1.29 is 28.5 Å². The van der Waals surface area contributed by atoms with E-state index in [2.05, 4.69) is 0 Å². The molecule has 0 bridgehead atoms. The van der Waals surface area contributed by atoms with Gasteiger partial charge in [0.2, 0.25) is 0 Å². The molecule has 0 N–H and O–H groups in total. The molecule has 110 valence electrons. The van der Waals surface area contributed by atoms with Gasteiger partial charge in [-0.05, 0) is 19.1 Å². The zero-order chi connectivity index (χ0) is 15.1. The summed E-state index contributed by atoms with van der Waals surface area (Å²) in [5.74, 6) is -0.977. The van der Waals surface area contributed by atoms with E-state index in [0.29, 0.717) is 17.9 Å². The topological polar surface area (TPSA) is 71.1 Å². The summed E-state index contributed by atoms with van der Waals surface area (Å²) in [4.78, 5) is 23.5. The SMILES string of the molecule is CCOC(=O)C(=O)c1cc(OC)c(COC)cc1OC. The van der Waals surface area contributed by atoms with Gasteiger partial charge in [0, 0.05) is 12.7 Å². The molecule has 0 saturated carbocycles. The van der Waals surface area contributed by atoms with Crippen molar-refractivity contribution in [1.82, 2.24) is 0 Å². The first-order chi connectivity index (χ1) is 9.58. The molecule has 6 nitrogen and oxygen atoms in total. The summed E-state index contributed by atoms with van der Waals surface area (Å²) in [5.41, 5.74) is 0.815. The van der Waals surface area contributed by atoms with Crippen LogP contribution >= 0.6 is 0 Å². The van der Waals surface area contributed by atoms with Gasteiger partial charge in [0.25, 0.3) is 5.78 Å². The van der Waals surface area contributed by atoms with Gasteiger partial charge < -0.3 is 18.9 Å². The minimum absolute atomic E-state index is 0.0997. The lowest BCUT2D eigenvalue weighted by Gasteiger charge is -2.13. The predicted octanol–water partition coefficient (Wildman–Crippen LogP) is 1.60. The first-order valence-electron chi connectivity index (χ1n) is 6.04. The van der Waals surface area contributed by atoms with Crippen LogP contribution < -0.4 is 9.47 Å². The minimum atomic E-state index is -0.924. The number of carbonyl (C=O) groups excluding carboxylic acids is 2. The molecule has 1 rings (SSSR count). The monoisotopic (exact) mass is 282 g/mol. The van der Waals surface area contributed by atoms with Crippen molar-refractivity contribution in [2.75, 3.05) is 27.9 Å². The molecule has 0 amide bonds. The Morgan fingerprint density at radius 3 is 2.20 bits per heavy atom. The fourth-order valence-electron chi connectivity index (χ4n) is 1.71. The van der Waals surface area contributed by atoms with Gasteiger partial charge in [-0.2, -0.15) is 0 Å². The first kappa shape index (κ1) is 16.0. The maximum atomic E-state index is 12.0. The molecule has 0 atom stereocenters. The Labute approximate surface area is 117 Å². The highest BCUT2D eigenvalue weighted by Crippen LogP contribution is 2.30. The second-order valence-electron chi connectivity index (χ2n) is 3.85. The van der Waals surface area contributed by atoms with Gasteiger partial charge in [0.15, 0.2) is 0 Å². The Kier molecular flexibility index (Phi) is 5.99. The summed E-state index contributed by atoms with van der Waals surface area (Å²) in [6, 6.07) is 3.06. The molecule has 0 radical (unpaired) electrons. The number of hydrogen-bond donors (Lipinski definition) is 0. The number of hydrogen-bond acceptors (Lipinski definition) is 6. The van der Waals surface area contributed by atoms with Crippen LogP contribution in [-0.4, -0.2) is 39.7 Å². The Balaban J connectivity index is 3.24. The molecule has 0 saturated heterocycles. The van der Waals surface area contributed by atoms with Gasteiger partial charge in [-0.15, -0.1) is 0 Å². The third kappa shape index (κ3) is 3.48. The molecule has 20 heavy (non-hydrogen) atoms. The minimum Gasteiger partial charge on any atom is -0.496 e. The normalized spacial score (nSPS) is 10.0. The van der Waals surface area contributed by atoms with E-state index in [1.165, 1.54) is 20.3 Å². The van der Waals surface area contributed by atoms with Crippen LogP contribution in [0.15, 0.2) is 12.1 Å². The van der Waals surface area contributed by atoms with Gasteiger partial charge in [-0.25, -0.2) is 4.79 Å². The number of ether oxygens (including phenoxy) is 4. The van der Waals surface area contributed by atoms with Gasteiger partial charge in [0.05, 0.1) is 33.0 Å². The van der Waals surface area contributed by atoms with Crippen molar-refractivity contribution in [3.8, 4) is 11.5 Å². The second-order valence-corrected chi connectivity index (χ2v) is 3.85. The van der Waals surface area contributed by atoms with Crippen LogP contribution in [0, 0.1) is 0 Å². The van der Waals surface area contributed by atoms with Gasteiger partial charge >= 0.3 is 5.97 Å². The van der Waals surface area contributed by atoms with Crippen molar-refractivity contribution in [2.45, 2.75) is 13.5 Å². The molecular formula is C14H18O6. The smallest absolute Gasteiger partial charge is 0.379 e. The fraction of sp³-hybridized carbons (Fsp3) is 0.429. The number of benzene rings is 1. The van der Waals surface area contributed by atoms with Crippen molar-refractivity contribution in [1.29, 1.82) is 0 Å². The summed E-state index contributed by atoms with van der Waals surface area (Å²) in [6.07, 6.45) is 0. The number of methoxy groups -OCH3 is 3. The lowest BCUT2D eigenvalue weighted by Crippen LogP contribution is -2.18. The van der Waals surface area contributed by atoms with Gasteiger partial charge in [-0.1, -0.05) is 0 Å². The van der Waals surface area contributed by atoms with Gasteiger partial charge in [-0.3, -0.25) is 4.79 Å². The van der Waals surface area contributed by atoms with Crippen LogP contribution in [0.5, 0.6) is 11.5 Å². The predicted molar refractivity (Wildman–Crippen MR) is 71.2 cm³/mol. The summed E-state index contributed by atoms with van der Waals surface area (Å²) < 4.78 is 20.1.